The van der Waals surface area contributed by atoms with E-state index in [1.54, 1.807) is 0 Å². The van der Waals surface area contributed by atoms with Gasteiger partial charge in [0.05, 0.1) is 0 Å². The van der Waals surface area contributed by atoms with Gasteiger partial charge in [-0.05, 0) is 53.2 Å². The monoisotopic (exact) mass is 508 g/mol. The zero-order valence-electron chi connectivity index (χ0n) is 18.3. The Bertz CT molecular complexity index is 1580. The van der Waals surface area contributed by atoms with Crippen LogP contribution in [0.3, 0.4) is 0 Å². The number of hydrogen-bond donors (Lipinski definition) is 0. The number of imidazole rings is 1. The maximum atomic E-state index is 12.8. The number of hydrogen-bond acceptors (Lipinski definition) is 2. The Morgan fingerprint density at radius 3 is 2.32 bits per heavy atom. The average Bonchev–Trinajstić information content (AvgIpc) is 3.51. The van der Waals surface area contributed by atoms with E-state index in [9.17, 15) is 4.79 Å². The van der Waals surface area contributed by atoms with Crippen molar-refractivity contribution in [3.8, 4) is 17.0 Å². The number of para-hydroxylation sites is 1. The lowest BCUT2D eigenvalue weighted by molar-refractivity contribution is -0.682. The number of benzene rings is 4. The van der Waals surface area contributed by atoms with Crippen LogP contribution in [0.4, 0.5) is 0 Å². The standard InChI is InChI=1S/C29H21N2O2.BrH/c32-27(24-10-9-21-5-1-2-6-23(21)17-24)19-30-15-16-31(20-30)26-13-11-22(12-14-26)29-18-25-7-3-4-8-28(25)33-29;/h1-18,20H,19H2;1H/q+1;/p-1. The molecule has 0 aliphatic rings. The van der Waals surface area contributed by atoms with E-state index in [2.05, 4.69) is 42.5 Å². The molecule has 0 atom stereocenters. The molecule has 6 aromatic rings. The fourth-order valence-electron chi connectivity index (χ4n) is 4.18. The topological polar surface area (TPSA) is 39.0 Å². The van der Waals surface area contributed by atoms with Gasteiger partial charge in [0.1, 0.15) is 29.4 Å². The number of aromatic nitrogens is 2. The van der Waals surface area contributed by atoms with E-state index < -0.39 is 0 Å². The minimum Gasteiger partial charge on any atom is -1.00 e. The number of ketones is 1. The fourth-order valence-corrected chi connectivity index (χ4v) is 4.18. The Morgan fingerprint density at radius 2 is 1.53 bits per heavy atom. The first-order valence-electron chi connectivity index (χ1n) is 10.9. The molecule has 0 aliphatic carbocycles. The van der Waals surface area contributed by atoms with Crippen molar-refractivity contribution in [2.75, 3.05) is 0 Å². The lowest BCUT2D eigenvalue weighted by Crippen LogP contribution is -3.00. The number of Topliss-reactive ketones (excluding diaryl/α,β-unsaturated/α-hetero) is 1. The van der Waals surface area contributed by atoms with Gasteiger partial charge in [-0.3, -0.25) is 4.79 Å². The predicted molar refractivity (Wildman–Crippen MR) is 129 cm³/mol. The van der Waals surface area contributed by atoms with Crippen molar-refractivity contribution in [3.05, 3.63) is 121 Å². The molecule has 0 amide bonds. The molecule has 0 unspecified atom stereocenters. The summed E-state index contributed by atoms with van der Waals surface area (Å²) in [5, 5.41) is 3.31. The Kier molecular flexibility index (Phi) is 5.86. The molecule has 0 spiro atoms. The molecule has 0 radical (unpaired) electrons. The van der Waals surface area contributed by atoms with Crippen LogP contribution in [0, 0.1) is 0 Å². The van der Waals surface area contributed by atoms with Crippen LogP contribution in [0.2, 0.25) is 0 Å². The van der Waals surface area contributed by atoms with E-state index in [4.69, 9.17) is 4.42 Å². The molecule has 0 fully saturated rings. The number of rotatable bonds is 5. The van der Waals surface area contributed by atoms with Crippen LogP contribution in [0.25, 0.3) is 38.8 Å². The number of nitrogens with zero attached hydrogens (tertiary/aromatic N) is 2. The summed E-state index contributed by atoms with van der Waals surface area (Å²) >= 11 is 0. The molecule has 2 heterocycles. The summed E-state index contributed by atoms with van der Waals surface area (Å²) in [7, 11) is 0. The minimum absolute atomic E-state index is 0. The van der Waals surface area contributed by atoms with Gasteiger partial charge in [-0.25, -0.2) is 9.13 Å². The first-order valence-corrected chi connectivity index (χ1v) is 10.9. The molecule has 0 N–H and O–H groups in total. The highest BCUT2D eigenvalue weighted by Gasteiger charge is 2.14. The van der Waals surface area contributed by atoms with Crippen molar-refractivity contribution >= 4 is 27.5 Å². The lowest BCUT2D eigenvalue weighted by atomic mass is 10.0. The molecule has 0 aliphatic heterocycles. The third-order valence-electron chi connectivity index (χ3n) is 5.96. The van der Waals surface area contributed by atoms with E-state index in [1.165, 1.54) is 0 Å². The zero-order valence-corrected chi connectivity index (χ0v) is 19.9. The molecule has 6 rings (SSSR count). The zero-order chi connectivity index (χ0) is 22.2. The van der Waals surface area contributed by atoms with E-state index in [0.717, 1.165) is 44.3 Å². The van der Waals surface area contributed by atoms with E-state index >= 15 is 0 Å². The Morgan fingerprint density at radius 1 is 0.794 bits per heavy atom. The maximum Gasteiger partial charge on any atom is 0.249 e. The van der Waals surface area contributed by atoms with Gasteiger partial charge >= 0.3 is 0 Å². The molecule has 0 saturated carbocycles. The summed E-state index contributed by atoms with van der Waals surface area (Å²) < 4.78 is 9.89. The van der Waals surface area contributed by atoms with Crippen molar-refractivity contribution in [2.45, 2.75) is 6.54 Å². The predicted octanol–water partition coefficient (Wildman–Crippen LogP) is 3.22. The van der Waals surface area contributed by atoms with Gasteiger partial charge < -0.3 is 21.4 Å². The molecule has 0 bridgehead atoms. The quantitative estimate of drug-likeness (QED) is 0.265. The third-order valence-corrected chi connectivity index (χ3v) is 5.96. The smallest absolute Gasteiger partial charge is 0.249 e. The fraction of sp³-hybridized carbons (Fsp3) is 0.0345. The molecular weight excluding hydrogens is 488 g/mol. The first kappa shape index (κ1) is 21.9. The Hall–Kier alpha value is -3.96. The highest BCUT2D eigenvalue weighted by molar-refractivity contribution is 5.99. The van der Waals surface area contributed by atoms with E-state index in [-0.39, 0.29) is 22.8 Å². The second-order valence-corrected chi connectivity index (χ2v) is 8.17. The summed E-state index contributed by atoms with van der Waals surface area (Å²) in [6, 6.07) is 32.2. The lowest BCUT2D eigenvalue weighted by Gasteiger charge is -2.02. The van der Waals surface area contributed by atoms with Crippen molar-refractivity contribution < 1.29 is 30.8 Å². The number of halogens is 1. The highest BCUT2D eigenvalue weighted by atomic mass is 79.9. The van der Waals surface area contributed by atoms with Crippen molar-refractivity contribution in [1.29, 1.82) is 0 Å². The second kappa shape index (κ2) is 9.12. The molecule has 4 nitrogen and oxygen atoms in total. The summed E-state index contributed by atoms with van der Waals surface area (Å²) in [5.74, 6) is 0.940. The van der Waals surface area contributed by atoms with Gasteiger partial charge in [-0.1, -0.05) is 54.6 Å². The van der Waals surface area contributed by atoms with Gasteiger partial charge in [-0.15, -0.1) is 0 Å². The summed E-state index contributed by atoms with van der Waals surface area (Å²) in [4.78, 5) is 12.8. The van der Waals surface area contributed by atoms with Gasteiger partial charge in [0, 0.05) is 16.5 Å². The number of furan rings is 1. The van der Waals surface area contributed by atoms with Crippen molar-refractivity contribution in [2.24, 2.45) is 0 Å². The van der Waals surface area contributed by atoms with Crippen LogP contribution in [0.1, 0.15) is 10.4 Å². The van der Waals surface area contributed by atoms with Crippen LogP contribution in [-0.2, 0) is 6.54 Å². The summed E-state index contributed by atoms with van der Waals surface area (Å²) in [6.07, 6.45) is 5.82. The molecule has 34 heavy (non-hydrogen) atoms. The largest absolute Gasteiger partial charge is 1.00 e. The maximum absolute atomic E-state index is 12.8. The average molecular weight is 509 g/mol. The molecule has 4 aromatic carbocycles. The van der Waals surface area contributed by atoms with Gasteiger partial charge in [0.25, 0.3) is 0 Å². The van der Waals surface area contributed by atoms with Crippen LogP contribution in [0.5, 0.6) is 0 Å². The molecule has 166 valence electrons. The van der Waals surface area contributed by atoms with Gasteiger partial charge in [-0.2, -0.15) is 0 Å². The first-order chi connectivity index (χ1) is 16.2. The van der Waals surface area contributed by atoms with Crippen LogP contribution in [0.15, 0.2) is 120 Å². The van der Waals surface area contributed by atoms with Crippen LogP contribution < -0.4 is 21.5 Å². The number of fused-ring (bicyclic) bond motifs is 2. The van der Waals surface area contributed by atoms with Crippen LogP contribution in [-0.4, -0.2) is 10.4 Å². The molecule has 2 aromatic heterocycles. The number of carbonyl (C=O) groups excluding carboxylic acids is 1. The van der Waals surface area contributed by atoms with Crippen molar-refractivity contribution in [1.82, 2.24) is 4.57 Å². The SMILES string of the molecule is O=C(C[n+]1ccn(-c2ccc(-c3cc4ccccc4o3)cc2)c1)c1ccc2ccccc2c1.[Br-]. The number of carbonyl (C=O) groups is 1. The van der Waals surface area contributed by atoms with Crippen molar-refractivity contribution in [3.63, 3.8) is 0 Å². The minimum atomic E-state index is 0. The Labute approximate surface area is 207 Å². The summed E-state index contributed by atoms with van der Waals surface area (Å²) in [5.41, 5.74) is 3.66. The molecule has 0 saturated heterocycles. The third kappa shape index (κ3) is 4.18. The Balaban J connectivity index is 0.00000241. The summed E-state index contributed by atoms with van der Waals surface area (Å²) in [6.45, 7) is 0.294. The molecular formula is C29H21BrN2O2. The van der Waals surface area contributed by atoms with Crippen LogP contribution >= 0.6 is 0 Å². The highest BCUT2D eigenvalue weighted by Crippen LogP contribution is 2.28. The normalized spacial score (nSPS) is 10.9. The second-order valence-electron chi connectivity index (χ2n) is 8.17. The van der Waals surface area contributed by atoms with E-state index in [1.807, 2.05) is 82.5 Å². The van der Waals surface area contributed by atoms with E-state index in [0.29, 0.717) is 6.54 Å². The molecule has 5 heteroatoms. The van der Waals surface area contributed by atoms with Gasteiger partial charge in [0.2, 0.25) is 12.1 Å². The van der Waals surface area contributed by atoms with Gasteiger partial charge in [0.15, 0.2) is 6.54 Å².